The molecule has 32 heavy (non-hydrogen) atoms. The Hall–Kier alpha value is -2.91. The average Bonchev–Trinajstić information content (AvgIpc) is 2.82. The average molecular weight is 460 g/mol. The van der Waals surface area contributed by atoms with Gasteiger partial charge in [-0.15, -0.1) is 0 Å². The van der Waals surface area contributed by atoms with E-state index in [2.05, 4.69) is 19.2 Å². The largest absolute Gasteiger partial charge is 0.508 e. The standard InChI is InChI=1S/C23H29N3O5S/c1-3-17(2)18-6-10-21(11-7-18)32(30,31)26-14-12-25(13-15-26)22(28)16-24-23(29)19-4-8-20(27)9-5-19/h4-11,17,27H,3,12-16H2,1-2H3,(H,24,29)/t17-/m1/s1. The van der Waals surface area contributed by atoms with Gasteiger partial charge in [-0.3, -0.25) is 9.59 Å². The first kappa shape index (κ1) is 23.7. The third-order valence-electron chi connectivity index (χ3n) is 5.82. The van der Waals surface area contributed by atoms with E-state index >= 15 is 0 Å². The third kappa shape index (κ3) is 5.46. The molecule has 2 aromatic rings. The normalized spacial score (nSPS) is 15.9. The van der Waals surface area contributed by atoms with Crippen LogP contribution < -0.4 is 5.32 Å². The van der Waals surface area contributed by atoms with Crippen molar-refractivity contribution in [1.82, 2.24) is 14.5 Å². The van der Waals surface area contributed by atoms with E-state index in [-0.39, 0.29) is 49.3 Å². The lowest BCUT2D eigenvalue weighted by Crippen LogP contribution is -2.52. The minimum atomic E-state index is -3.62. The lowest BCUT2D eigenvalue weighted by Gasteiger charge is -2.34. The Morgan fingerprint density at radius 3 is 2.16 bits per heavy atom. The van der Waals surface area contributed by atoms with Gasteiger partial charge in [0.1, 0.15) is 5.75 Å². The highest BCUT2D eigenvalue weighted by Gasteiger charge is 2.30. The van der Waals surface area contributed by atoms with Crippen LogP contribution >= 0.6 is 0 Å². The Balaban J connectivity index is 1.53. The summed E-state index contributed by atoms with van der Waals surface area (Å²) in [5, 5.41) is 11.8. The summed E-state index contributed by atoms with van der Waals surface area (Å²) in [4.78, 5) is 26.4. The van der Waals surface area contributed by atoms with Crippen LogP contribution in [0.1, 0.15) is 42.1 Å². The number of rotatable bonds is 7. The van der Waals surface area contributed by atoms with Crippen molar-refractivity contribution in [2.24, 2.45) is 0 Å². The highest BCUT2D eigenvalue weighted by molar-refractivity contribution is 7.89. The Bertz CT molecular complexity index is 1040. The van der Waals surface area contributed by atoms with Gasteiger partial charge in [0.25, 0.3) is 5.91 Å². The first-order chi connectivity index (χ1) is 15.2. The number of benzene rings is 2. The number of sulfonamides is 1. The quantitative estimate of drug-likeness (QED) is 0.660. The minimum absolute atomic E-state index is 0.0527. The summed E-state index contributed by atoms with van der Waals surface area (Å²) in [6.45, 7) is 4.95. The first-order valence-electron chi connectivity index (χ1n) is 10.7. The number of nitrogens with zero attached hydrogens (tertiary/aromatic N) is 2. The molecule has 2 N–H and O–H groups in total. The van der Waals surface area contributed by atoms with E-state index < -0.39 is 15.9 Å². The molecule has 2 amide bonds. The highest BCUT2D eigenvalue weighted by Crippen LogP contribution is 2.23. The van der Waals surface area contributed by atoms with Crippen LogP contribution in [-0.2, 0) is 14.8 Å². The number of aromatic hydroxyl groups is 1. The number of phenolic OH excluding ortho intramolecular Hbond substituents is 1. The van der Waals surface area contributed by atoms with Crippen molar-refractivity contribution in [3.63, 3.8) is 0 Å². The summed E-state index contributed by atoms with van der Waals surface area (Å²) < 4.78 is 27.3. The maximum absolute atomic E-state index is 13.0. The Labute approximate surface area is 188 Å². The predicted molar refractivity (Wildman–Crippen MR) is 121 cm³/mol. The number of nitrogens with one attached hydrogen (secondary N) is 1. The van der Waals surface area contributed by atoms with Crippen LogP contribution in [0.25, 0.3) is 0 Å². The molecule has 1 heterocycles. The molecule has 9 heteroatoms. The van der Waals surface area contributed by atoms with Gasteiger partial charge < -0.3 is 15.3 Å². The molecule has 1 aliphatic rings. The summed E-state index contributed by atoms with van der Waals surface area (Å²) >= 11 is 0. The van der Waals surface area contributed by atoms with Gasteiger partial charge in [-0.05, 0) is 54.3 Å². The second kappa shape index (κ2) is 10.1. The number of piperazine rings is 1. The lowest BCUT2D eigenvalue weighted by molar-refractivity contribution is -0.131. The number of carbonyl (C=O) groups excluding carboxylic acids is 2. The zero-order valence-electron chi connectivity index (χ0n) is 18.3. The molecule has 0 aliphatic carbocycles. The van der Waals surface area contributed by atoms with Crippen LogP contribution in [0.5, 0.6) is 5.75 Å². The molecule has 0 spiro atoms. The van der Waals surface area contributed by atoms with Crippen LogP contribution in [-0.4, -0.2) is 67.3 Å². The molecule has 0 bridgehead atoms. The summed E-state index contributed by atoms with van der Waals surface area (Å²) in [5.41, 5.74) is 1.45. The SMILES string of the molecule is CC[C@@H](C)c1ccc(S(=O)(=O)N2CCN(C(=O)CNC(=O)c3ccc(O)cc3)CC2)cc1. The van der Waals surface area contributed by atoms with Crippen LogP contribution in [0, 0.1) is 0 Å². The lowest BCUT2D eigenvalue weighted by atomic mass is 9.99. The molecule has 0 radical (unpaired) electrons. The summed E-state index contributed by atoms with van der Waals surface area (Å²) in [6.07, 6.45) is 0.984. The molecule has 8 nitrogen and oxygen atoms in total. The van der Waals surface area contributed by atoms with E-state index in [1.54, 1.807) is 17.0 Å². The zero-order valence-corrected chi connectivity index (χ0v) is 19.1. The second-order valence-electron chi connectivity index (χ2n) is 7.89. The fraction of sp³-hybridized carbons (Fsp3) is 0.391. The fourth-order valence-corrected chi connectivity index (χ4v) is 4.94. The van der Waals surface area contributed by atoms with Gasteiger partial charge in [-0.25, -0.2) is 8.42 Å². The topological polar surface area (TPSA) is 107 Å². The number of hydrogen-bond donors (Lipinski definition) is 2. The Morgan fingerprint density at radius 2 is 1.59 bits per heavy atom. The number of carbonyl (C=O) groups is 2. The Kier molecular flexibility index (Phi) is 7.52. The molecule has 0 saturated carbocycles. The second-order valence-corrected chi connectivity index (χ2v) is 9.83. The van der Waals surface area contributed by atoms with E-state index in [9.17, 15) is 23.1 Å². The molecule has 1 fully saturated rings. The molecule has 3 rings (SSSR count). The van der Waals surface area contributed by atoms with Crippen molar-refractivity contribution in [3.8, 4) is 5.75 Å². The van der Waals surface area contributed by atoms with Crippen LogP contribution in [0.4, 0.5) is 0 Å². The van der Waals surface area contributed by atoms with Crippen LogP contribution in [0.15, 0.2) is 53.4 Å². The van der Waals surface area contributed by atoms with E-state index in [4.69, 9.17) is 0 Å². The smallest absolute Gasteiger partial charge is 0.251 e. The molecule has 172 valence electrons. The molecular weight excluding hydrogens is 430 g/mol. The molecular formula is C23H29N3O5S. The third-order valence-corrected chi connectivity index (χ3v) is 7.73. The molecule has 1 atom stereocenters. The van der Waals surface area contributed by atoms with Crippen molar-refractivity contribution in [1.29, 1.82) is 0 Å². The highest BCUT2D eigenvalue weighted by atomic mass is 32.2. The van der Waals surface area contributed by atoms with Crippen molar-refractivity contribution < 1.29 is 23.1 Å². The number of amides is 2. The Morgan fingerprint density at radius 1 is 1.00 bits per heavy atom. The van der Waals surface area contributed by atoms with Gasteiger partial charge in [0.2, 0.25) is 15.9 Å². The van der Waals surface area contributed by atoms with Crippen molar-refractivity contribution in [2.45, 2.75) is 31.1 Å². The zero-order chi connectivity index (χ0) is 23.3. The predicted octanol–water partition coefficient (Wildman–Crippen LogP) is 2.17. The summed E-state index contributed by atoms with van der Waals surface area (Å²) in [7, 11) is -3.62. The molecule has 2 aromatic carbocycles. The van der Waals surface area contributed by atoms with Gasteiger partial charge in [0, 0.05) is 31.7 Å². The monoisotopic (exact) mass is 459 g/mol. The van der Waals surface area contributed by atoms with E-state index in [0.29, 0.717) is 11.5 Å². The van der Waals surface area contributed by atoms with Gasteiger partial charge >= 0.3 is 0 Å². The van der Waals surface area contributed by atoms with Gasteiger partial charge in [0.05, 0.1) is 11.4 Å². The number of hydrogen-bond acceptors (Lipinski definition) is 5. The van der Waals surface area contributed by atoms with Gasteiger partial charge in [0.15, 0.2) is 0 Å². The van der Waals surface area contributed by atoms with E-state index in [1.165, 1.54) is 28.6 Å². The molecule has 1 aliphatic heterocycles. The van der Waals surface area contributed by atoms with E-state index in [1.807, 2.05) is 12.1 Å². The summed E-state index contributed by atoms with van der Waals surface area (Å²) in [6, 6.07) is 12.7. The van der Waals surface area contributed by atoms with Gasteiger partial charge in [-0.2, -0.15) is 4.31 Å². The first-order valence-corrected chi connectivity index (χ1v) is 12.1. The minimum Gasteiger partial charge on any atom is -0.508 e. The fourth-order valence-electron chi connectivity index (χ4n) is 3.51. The van der Waals surface area contributed by atoms with E-state index in [0.717, 1.165) is 12.0 Å². The van der Waals surface area contributed by atoms with Crippen LogP contribution in [0.2, 0.25) is 0 Å². The van der Waals surface area contributed by atoms with Crippen molar-refractivity contribution >= 4 is 21.8 Å². The van der Waals surface area contributed by atoms with Crippen molar-refractivity contribution in [3.05, 3.63) is 59.7 Å². The maximum Gasteiger partial charge on any atom is 0.251 e. The molecule has 0 aromatic heterocycles. The molecule has 0 unspecified atom stereocenters. The number of phenols is 1. The summed E-state index contributed by atoms with van der Waals surface area (Å²) in [5.74, 6) is -0.264. The van der Waals surface area contributed by atoms with Crippen LogP contribution in [0.3, 0.4) is 0 Å². The van der Waals surface area contributed by atoms with Gasteiger partial charge in [-0.1, -0.05) is 26.0 Å². The molecule has 1 saturated heterocycles. The maximum atomic E-state index is 13.0. The van der Waals surface area contributed by atoms with Crippen molar-refractivity contribution in [2.75, 3.05) is 32.7 Å².